The molecule has 0 aliphatic heterocycles. The van der Waals surface area contributed by atoms with Gasteiger partial charge in [0.1, 0.15) is 0 Å². The second-order valence-corrected chi connectivity index (χ2v) is 4.84. The normalized spacial score (nSPS) is 11.8. The summed E-state index contributed by atoms with van der Waals surface area (Å²) in [6, 6.07) is 12.1. The summed E-state index contributed by atoms with van der Waals surface area (Å²) in [7, 11) is 0. The summed E-state index contributed by atoms with van der Waals surface area (Å²) in [5.74, 6) is -1.86. The summed E-state index contributed by atoms with van der Waals surface area (Å²) < 4.78 is 39.1. The smallest absolute Gasteiger partial charge is 0.310 e. The van der Waals surface area contributed by atoms with E-state index >= 15 is 0 Å². The Morgan fingerprint density at radius 2 is 1.82 bits per heavy atom. The van der Waals surface area contributed by atoms with Crippen molar-refractivity contribution in [3.8, 4) is 0 Å². The second-order valence-electron chi connectivity index (χ2n) is 4.84. The van der Waals surface area contributed by atoms with Crippen molar-refractivity contribution in [2.45, 2.75) is 12.6 Å². The summed E-state index contributed by atoms with van der Waals surface area (Å²) in [5.41, 5.74) is 1.71. The van der Waals surface area contributed by atoms with Gasteiger partial charge in [-0.05, 0) is 17.7 Å². The topological polar surface area (TPSA) is 34.4 Å². The zero-order valence-electron chi connectivity index (χ0n) is 11.3. The zero-order chi connectivity index (χ0) is 15.7. The Bertz CT molecular complexity index is 822. The molecule has 0 radical (unpaired) electrons. The lowest BCUT2D eigenvalue weighted by Crippen LogP contribution is -2.24. The highest BCUT2D eigenvalue weighted by atomic mass is 19.4. The Balaban J connectivity index is 2.04. The number of aromatic nitrogens is 2. The molecule has 0 aliphatic carbocycles. The number of carbonyl (C=O) groups is 1. The molecule has 0 amide bonds. The van der Waals surface area contributed by atoms with Gasteiger partial charge in [-0.3, -0.25) is 9.78 Å². The van der Waals surface area contributed by atoms with Gasteiger partial charge in [0.25, 0.3) is 5.78 Å². The van der Waals surface area contributed by atoms with Crippen LogP contribution >= 0.6 is 0 Å². The highest BCUT2D eigenvalue weighted by Crippen LogP contribution is 2.24. The molecule has 0 spiro atoms. The molecule has 0 saturated carbocycles. The number of halogens is 3. The van der Waals surface area contributed by atoms with Crippen molar-refractivity contribution in [2.75, 3.05) is 0 Å². The first-order valence-corrected chi connectivity index (χ1v) is 6.57. The van der Waals surface area contributed by atoms with E-state index < -0.39 is 17.7 Å². The van der Waals surface area contributed by atoms with Crippen molar-refractivity contribution in [2.24, 2.45) is 0 Å². The van der Waals surface area contributed by atoms with Crippen LogP contribution in [0.1, 0.15) is 21.7 Å². The standard InChI is InChI=1S/C16H11F3N2O/c17-16(18,19)15(22)14-7-6-13-12(20-8-9-21(13)14)10-11-4-2-1-3-5-11/h1-9H,10H2. The molecule has 3 rings (SSSR count). The van der Waals surface area contributed by atoms with E-state index in [1.54, 1.807) is 0 Å². The minimum absolute atomic E-state index is 0.404. The lowest BCUT2D eigenvalue weighted by molar-refractivity contribution is -0.0888. The highest BCUT2D eigenvalue weighted by Gasteiger charge is 2.40. The van der Waals surface area contributed by atoms with Crippen LogP contribution < -0.4 is 0 Å². The Morgan fingerprint density at radius 3 is 2.50 bits per heavy atom. The number of rotatable bonds is 3. The van der Waals surface area contributed by atoms with Gasteiger partial charge < -0.3 is 4.40 Å². The maximum absolute atomic E-state index is 12.6. The molecule has 3 nitrogen and oxygen atoms in total. The number of ketones is 1. The Kier molecular flexibility index (Phi) is 3.44. The van der Waals surface area contributed by atoms with Crippen LogP contribution in [0.15, 0.2) is 54.9 Å². The molecule has 0 unspecified atom stereocenters. The first-order chi connectivity index (χ1) is 10.5. The van der Waals surface area contributed by atoms with Gasteiger partial charge >= 0.3 is 6.18 Å². The predicted molar refractivity (Wildman–Crippen MR) is 74.8 cm³/mol. The van der Waals surface area contributed by atoms with Gasteiger partial charge in [0.2, 0.25) is 0 Å². The summed E-state index contributed by atoms with van der Waals surface area (Å²) in [4.78, 5) is 15.7. The average Bonchev–Trinajstić information content (AvgIpc) is 2.91. The molecule has 22 heavy (non-hydrogen) atoms. The number of nitrogens with zero attached hydrogens (tertiary/aromatic N) is 2. The molecule has 0 saturated heterocycles. The van der Waals surface area contributed by atoms with Crippen LogP contribution in [-0.4, -0.2) is 21.3 Å². The van der Waals surface area contributed by atoms with Crippen molar-refractivity contribution in [1.29, 1.82) is 0 Å². The number of alkyl halides is 3. The summed E-state index contributed by atoms with van der Waals surface area (Å²) in [6.45, 7) is 0. The summed E-state index contributed by atoms with van der Waals surface area (Å²) in [6.07, 6.45) is -1.65. The molecule has 0 fully saturated rings. The van der Waals surface area contributed by atoms with E-state index in [1.165, 1.54) is 28.9 Å². The van der Waals surface area contributed by atoms with Gasteiger partial charge in [0.05, 0.1) is 16.9 Å². The number of Topliss-reactive ketones (excluding diaryl/α,β-unsaturated/α-hetero) is 1. The van der Waals surface area contributed by atoms with Crippen LogP contribution in [0, 0.1) is 0 Å². The van der Waals surface area contributed by atoms with Crippen LogP contribution in [-0.2, 0) is 6.42 Å². The largest absolute Gasteiger partial charge is 0.456 e. The first kappa shape index (κ1) is 14.3. The van der Waals surface area contributed by atoms with Gasteiger partial charge in [-0.1, -0.05) is 30.3 Å². The van der Waals surface area contributed by atoms with E-state index in [-0.39, 0.29) is 0 Å². The fourth-order valence-corrected chi connectivity index (χ4v) is 2.36. The molecule has 0 aliphatic rings. The van der Waals surface area contributed by atoms with Gasteiger partial charge in [-0.2, -0.15) is 13.2 Å². The van der Waals surface area contributed by atoms with Crippen LogP contribution in [0.5, 0.6) is 0 Å². The van der Waals surface area contributed by atoms with Gasteiger partial charge in [0, 0.05) is 18.8 Å². The number of benzene rings is 1. The SMILES string of the molecule is O=C(c1ccc2c(Cc3ccccc3)nccn12)C(F)(F)F. The van der Waals surface area contributed by atoms with Crippen molar-refractivity contribution < 1.29 is 18.0 Å². The fraction of sp³-hybridized carbons (Fsp3) is 0.125. The van der Waals surface area contributed by atoms with Crippen molar-refractivity contribution in [1.82, 2.24) is 9.38 Å². The maximum Gasteiger partial charge on any atom is 0.456 e. The summed E-state index contributed by atoms with van der Waals surface area (Å²) in [5, 5.41) is 0. The Morgan fingerprint density at radius 1 is 1.09 bits per heavy atom. The molecular weight excluding hydrogens is 293 g/mol. The third kappa shape index (κ3) is 2.59. The van der Waals surface area contributed by atoms with Crippen LogP contribution in [0.3, 0.4) is 0 Å². The molecule has 2 heterocycles. The number of hydrogen-bond acceptors (Lipinski definition) is 2. The molecule has 2 aromatic heterocycles. The maximum atomic E-state index is 12.6. The van der Waals surface area contributed by atoms with E-state index in [1.807, 2.05) is 30.3 Å². The minimum atomic E-state index is -4.89. The molecule has 1 aromatic carbocycles. The van der Waals surface area contributed by atoms with E-state index in [0.29, 0.717) is 17.6 Å². The predicted octanol–water partition coefficient (Wildman–Crippen LogP) is 3.67. The van der Waals surface area contributed by atoms with Crippen molar-refractivity contribution in [3.05, 3.63) is 71.8 Å². The molecule has 3 aromatic rings. The van der Waals surface area contributed by atoms with Crippen LogP contribution in [0.2, 0.25) is 0 Å². The van der Waals surface area contributed by atoms with Crippen LogP contribution in [0.4, 0.5) is 13.2 Å². The minimum Gasteiger partial charge on any atom is -0.310 e. The fourth-order valence-electron chi connectivity index (χ4n) is 2.36. The van der Waals surface area contributed by atoms with E-state index in [4.69, 9.17) is 0 Å². The Hall–Kier alpha value is -2.63. The third-order valence-electron chi connectivity index (χ3n) is 3.36. The quantitative estimate of drug-likeness (QED) is 0.692. The van der Waals surface area contributed by atoms with Crippen molar-refractivity contribution in [3.63, 3.8) is 0 Å². The molecule has 0 N–H and O–H groups in total. The molecule has 6 heteroatoms. The first-order valence-electron chi connectivity index (χ1n) is 6.57. The summed E-state index contributed by atoms with van der Waals surface area (Å²) >= 11 is 0. The van der Waals surface area contributed by atoms with Crippen LogP contribution in [0.25, 0.3) is 5.52 Å². The van der Waals surface area contributed by atoms with Gasteiger partial charge in [-0.25, -0.2) is 0 Å². The third-order valence-corrected chi connectivity index (χ3v) is 3.36. The van der Waals surface area contributed by atoms with Gasteiger partial charge in [-0.15, -0.1) is 0 Å². The van der Waals surface area contributed by atoms with E-state index in [9.17, 15) is 18.0 Å². The van der Waals surface area contributed by atoms with E-state index in [2.05, 4.69) is 4.98 Å². The molecule has 0 bridgehead atoms. The van der Waals surface area contributed by atoms with Crippen molar-refractivity contribution >= 4 is 11.3 Å². The number of carbonyl (C=O) groups excluding carboxylic acids is 1. The number of hydrogen-bond donors (Lipinski definition) is 0. The lowest BCUT2D eigenvalue weighted by atomic mass is 10.1. The average molecular weight is 304 g/mol. The highest BCUT2D eigenvalue weighted by molar-refractivity contribution is 6.00. The number of fused-ring (bicyclic) bond motifs is 1. The lowest BCUT2D eigenvalue weighted by Gasteiger charge is -2.07. The molecule has 112 valence electrons. The van der Waals surface area contributed by atoms with E-state index in [0.717, 1.165) is 5.56 Å². The second kappa shape index (κ2) is 5.29. The monoisotopic (exact) mass is 304 g/mol. The Labute approximate surface area is 124 Å². The molecule has 0 atom stereocenters. The zero-order valence-corrected chi connectivity index (χ0v) is 11.3. The molecular formula is C16H11F3N2O. The van der Waals surface area contributed by atoms with Gasteiger partial charge in [0.15, 0.2) is 0 Å².